The minimum atomic E-state index is -0.726. The van der Waals surface area contributed by atoms with Gasteiger partial charge in [0.25, 0.3) is 11.5 Å². The maximum atomic E-state index is 14.4. The molecule has 0 saturated heterocycles. The van der Waals surface area contributed by atoms with Crippen LogP contribution in [-0.2, 0) is 11.4 Å². The fraction of sp³-hybridized carbons (Fsp3) is 0.139. The zero-order valence-electron chi connectivity index (χ0n) is 25.6. The second kappa shape index (κ2) is 15.0. The van der Waals surface area contributed by atoms with E-state index in [0.29, 0.717) is 60.0 Å². The van der Waals surface area contributed by atoms with E-state index < -0.39 is 6.04 Å². The molecule has 1 amide bonds. The van der Waals surface area contributed by atoms with E-state index in [0.717, 1.165) is 19.2 Å². The quantitative estimate of drug-likeness (QED) is 0.151. The molecule has 5 aromatic rings. The van der Waals surface area contributed by atoms with Gasteiger partial charge in [0, 0.05) is 15.7 Å². The Kier molecular flexibility index (Phi) is 10.8. The molecule has 0 radical (unpaired) electrons. The summed E-state index contributed by atoms with van der Waals surface area (Å²) in [5.41, 5.74) is 3.57. The first-order valence-electron chi connectivity index (χ1n) is 14.8. The number of nitrogens with one attached hydrogen (secondary N) is 1. The van der Waals surface area contributed by atoms with E-state index in [-0.39, 0.29) is 18.1 Å². The van der Waals surface area contributed by atoms with Crippen molar-refractivity contribution in [3.05, 3.63) is 151 Å². The zero-order valence-corrected chi connectivity index (χ0v) is 31.7. The lowest BCUT2D eigenvalue weighted by atomic mass is 9.95. The number of allylic oxidation sites excluding steroid dienone is 1. The van der Waals surface area contributed by atoms with E-state index in [1.807, 2.05) is 79.7 Å². The Morgan fingerprint density at radius 1 is 1.04 bits per heavy atom. The third-order valence-electron chi connectivity index (χ3n) is 7.50. The van der Waals surface area contributed by atoms with Crippen molar-refractivity contribution in [3.63, 3.8) is 0 Å². The van der Waals surface area contributed by atoms with Gasteiger partial charge < -0.3 is 14.8 Å². The molecule has 6 rings (SSSR count). The normalized spacial score (nSPS) is 14.4. The number of hydrogen-bond donors (Lipinski definition) is 1. The Morgan fingerprint density at radius 2 is 1.79 bits per heavy atom. The lowest BCUT2D eigenvalue weighted by Crippen LogP contribution is -2.40. The molecular formula is C36H27BrCl2IN3O4S. The van der Waals surface area contributed by atoms with Gasteiger partial charge >= 0.3 is 0 Å². The van der Waals surface area contributed by atoms with E-state index in [2.05, 4.69) is 43.8 Å². The van der Waals surface area contributed by atoms with Crippen LogP contribution in [-0.4, -0.2) is 17.1 Å². The van der Waals surface area contributed by atoms with Crippen LogP contribution in [0.2, 0.25) is 10.0 Å². The second-order valence-electron chi connectivity index (χ2n) is 10.7. The van der Waals surface area contributed by atoms with Gasteiger partial charge in [-0.05, 0) is 102 Å². The van der Waals surface area contributed by atoms with Crippen molar-refractivity contribution in [2.45, 2.75) is 26.5 Å². The first kappa shape index (κ1) is 34.4. The number of anilines is 1. The minimum Gasteiger partial charge on any atom is -0.494 e. The molecule has 1 aliphatic heterocycles. The van der Waals surface area contributed by atoms with Crippen LogP contribution in [0.3, 0.4) is 0 Å². The molecule has 7 nitrogen and oxygen atoms in total. The summed E-state index contributed by atoms with van der Waals surface area (Å²) in [6.45, 7) is 4.48. The molecule has 0 aliphatic carbocycles. The number of carbonyl (C=O) groups is 1. The van der Waals surface area contributed by atoms with Crippen LogP contribution >= 0.6 is 73.1 Å². The Bertz CT molecular complexity index is 2240. The SMILES string of the molecule is CCOc1ccc([C@H]2C(C(=O)Nc3ccccc3)=C(C)N=c3s/c(=C\c4cc(Br)cc(I)c4OCc4ccc(Cl)c(Cl)c4)c(=O)n32)cc1. The molecule has 1 aromatic heterocycles. The van der Waals surface area contributed by atoms with Crippen molar-refractivity contribution in [2.24, 2.45) is 4.99 Å². The number of hydrogen-bond acceptors (Lipinski definition) is 6. The molecule has 0 saturated carbocycles. The monoisotopic (exact) mass is 873 g/mol. The smallest absolute Gasteiger partial charge is 0.271 e. The molecule has 0 fully saturated rings. The zero-order chi connectivity index (χ0) is 33.9. The predicted molar refractivity (Wildman–Crippen MR) is 204 cm³/mol. The number of para-hydroxylation sites is 1. The first-order valence-corrected chi connectivity index (χ1v) is 18.2. The number of nitrogens with zero attached hydrogens (tertiary/aromatic N) is 2. The van der Waals surface area contributed by atoms with Gasteiger partial charge in [-0.25, -0.2) is 4.99 Å². The van der Waals surface area contributed by atoms with Crippen molar-refractivity contribution in [2.75, 3.05) is 11.9 Å². The van der Waals surface area contributed by atoms with Gasteiger partial charge in [-0.1, -0.05) is 86.9 Å². The average molecular weight is 875 g/mol. The number of amides is 1. The number of ether oxygens (including phenoxy) is 2. The number of benzene rings is 4. The van der Waals surface area contributed by atoms with Gasteiger partial charge in [-0.2, -0.15) is 0 Å². The van der Waals surface area contributed by atoms with Crippen LogP contribution in [0.15, 0.2) is 110 Å². The third-order valence-corrected chi connectivity index (χ3v) is 10.5. The summed E-state index contributed by atoms with van der Waals surface area (Å²) in [6, 6.07) is 25.1. The standard InChI is InChI=1S/C36H27BrCl2IN3O4S/c1-3-46-26-12-10-22(11-13-26)32-31(34(44)42-25-7-5-4-6-8-25)20(2)41-36-43(32)35(45)30(48-36)17-23-16-24(37)18-29(40)33(23)47-19-21-9-14-27(38)28(39)15-21/h4-18,32H,3,19H2,1-2H3,(H,42,44)/b30-17-/t32-/m0/s1. The summed E-state index contributed by atoms with van der Waals surface area (Å²) in [4.78, 5) is 33.5. The minimum absolute atomic E-state index is 0.243. The largest absolute Gasteiger partial charge is 0.494 e. The number of fused-ring (bicyclic) bond motifs is 1. The molecule has 1 atom stereocenters. The van der Waals surface area contributed by atoms with Crippen molar-refractivity contribution >= 4 is 90.7 Å². The number of carbonyl (C=O) groups excluding carboxylic acids is 1. The highest BCUT2D eigenvalue weighted by Crippen LogP contribution is 2.34. The summed E-state index contributed by atoms with van der Waals surface area (Å²) in [5.74, 6) is 0.968. The summed E-state index contributed by atoms with van der Waals surface area (Å²) in [7, 11) is 0. The maximum absolute atomic E-state index is 14.4. The molecule has 2 heterocycles. The fourth-order valence-electron chi connectivity index (χ4n) is 5.33. The number of aromatic nitrogens is 1. The summed E-state index contributed by atoms with van der Waals surface area (Å²) in [6.07, 6.45) is 1.80. The molecule has 12 heteroatoms. The van der Waals surface area contributed by atoms with E-state index in [1.165, 1.54) is 11.3 Å². The van der Waals surface area contributed by atoms with Crippen molar-refractivity contribution in [1.82, 2.24) is 4.57 Å². The molecule has 1 N–H and O–H groups in total. The lowest BCUT2D eigenvalue weighted by molar-refractivity contribution is -0.113. The van der Waals surface area contributed by atoms with Gasteiger partial charge in [-0.15, -0.1) is 0 Å². The summed E-state index contributed by atoms with van der Waals surface area (Å²) in [5, 5.41) is 3.90. The molecular weight excluding hydrogens is 848 g/mol. The Balaban J connectivity index is 1.45. The van der Waals surface area contributed by atoms with Crippen molar-refractivity contribution < 1.29 is 14.3 Å². The topological polar surface area (TPSA) is 81.9 Å². The van der Waals surface area contributed by atoms with E-state index in [1.54, 1.807) is 29.7 Å². The van der Waals surface area contributed by atoms with E-state index >= 15 is 0 Å². The van der Waals surface area contributed by atoms with Gasteiger partial charge in [0.15, 0.2) is 4.80 Å². The first-order chi connectivity index (χ1) is 23.1. The van der Waals surface area contributed by atoms with Gasteiger partial charge in [0.05, 0.1) is 42.1 Å². The highest BCUT2D eigenvalue weighted by molar-refractivity contribution is 14.1. The fourth-order valence-corrected chi connectivity index (χ4v) is 8.39. The van der Waals surface area contributed by atoms with Crippen molar-refractivity contribution in [3.8, 4) is 11.5 Å². The van der Waals surface area contributed by atoms with Crippen LogP contribution in [0.25, 0.3) is 6.08 Å². The Morgan fingerprint density at radius 3 is 2.50 bits per heavy atom. The van der Waals surface area contributed by atoms with Crippen molar-refractivity contribution in [1.29, 1.82) is 0 Å². The highest BCUT2D eigenvalue weighted by Gasteiger charge is 2.32. The third kappa shape index (κ3) is 7.42. The molecule has 48 heavy (non-hydrogen) atoms. The lowest BCUT2D eigenvalue weighted by Gasteiger charge is -2.25. The molecule has 0 spiro atoms. The molecule has 1 aliphatic rings. The van der Waals surface area contributed by atoms with Crippen LogP contribution in [0.4, 0.5) is 5.69 Å². The summed E-state index contributed by atoms with van der Waals surface area (Å²) >= 11 is 19.4. The Hall–Kier alpha value is -3.42. The number of rotatable bonds is 9. The van der Waals surface area contributed by atoms with Crippen LogP contribution in [0, 0.1) is 3.57 Å². The molecule has 0 unspecified atom stereocenters. The maximum Gasteiger partial charge on any atom is 0.271 e. The van der Waals surface area contributed by atoms with E-state index in [4.69, 9.17) is 37.7 Å². The van der Waals surface area contributed by atoms with Crippen LogP contribution in [0.5, 0.6) is 11.5 Å². The van der Waals surface area contributed by atoms with E-state index in [9.17, 15) is 9.59 Å². The number of halogens is 4. The number of thiazole rings is 1. The molecule has 244 valence electrons. The molecule has 0 bridgehead atoms. The summed E-state index contributed by atoms with van der Waals surface area (Å²) < 4.78 is 15.7. The Labute approximate surface area is 312 Å². The molecule has 4 aromatic carbocycles. The second-order valence-corrected chi connectivity index (χ2v) is 14.6. The van der Waals surface area contributed by atoms with Crippen LogP contribution < -0.4 is 29.7 Å². The van der Waals surface area contributed by atoms with Gasteiger partial charge in [0.1, 0.15) is 18.1 Å². The average Bonchev–Trinajstić information content (AvgIpc) is 3.36. The van der Waals surface area contributed by atoms with Gasteiger partial charge in [0.2, 0.25) is 0 Å². The highest BCUT2D eigenvalue weighted by atomic mass is 127. The predicted octanol–water partition coefficient (Wildman–Crippen LogP) is 8.53. The van der Waals surface area contributed by atoms with Gasteiger partial charge in [-0.3, -0.25) is 14.2 Å². The van der Waals surface area contributed by atoms with Crippen LogP contribution in [0.1, 0.15) is 36.6 Å².